The van der Waals surface area contributed by atoms with Crippen molar-refractivity contribution in [2.75, 3.05) is 0 Å². The molecule has 0 fully saturated rings. The number of rotatable bonds is 0. The molecule has 0 radical (unpaired) electrons. The summed E-state index contributed by atoms with van der Waals surface area (Å²) in [5.74, 6) is -0.0464. The fourth-order valence-electron chi connectivity index (χ4n) is 1.10. The topological polar surface area (TPSA) is 67.5 Å². The van der Waals surface area contributed by atoms with Gasteiger partial charge in [-0.25, -0.2) is 4.98 Å². The summed E-state index contributed by atoms with van der Waals surface area (Å²) in [6, 6.07) is 1.62. The third-order valence-electron chi connectivity index (χ3n) is 1.76. The molecule has 13 heavy (non-hydrogen) atoms. The number of nitrogens with zero attached hydrogens (tertiary/aromatic N) is 3. The Kier molecular flexibility index (Phi) is 1.51. The molecule has 2 aromatic rings. The van der Waals surface area contributed by atoms with E-state index in [9.17, 15) is 4.79 Å². The molecular weight excluding hydrogens is 170 g/mol. The van der Waals surface area contributed by atoms with E-state index in [1.54, 1.807) is 6.07 Å². The Morgan fingerprint density at radius 3 is 3.08 bits per heavy atom. The molecule has 0 saturated heterocycles. The summed E-state index contributed by atoms with van der Waals surface area (Å²) in [5, 5.41) is 13.1. The van der Waals surface area contributed by atoms with Gasteiger partial charge in [0, 0.05) is 12.3 Å². The van der Waals surface area contributed by atoms with Crippen LogP contribution >= 0.6 is 0 Å². The van der Waals surface area contributed by atoms with Crippen LogP contribution in [0.3, 0.4) is 0 Å². The Labute approximate surface area is 73.0 Å². The second-order valence-electron chi connectivity index (χ2n) is 2.66. The van der Waals surface area contributed by atoms with E-state index in [-0.39, 0.29) is 16.5 Å². The first-order chi connectivity index (χ1) is 6.20. The van der Waals surface area contributed by atoms with E-state index in [0.717, 1.165) is 4.52 Å². The van der Waals surface area contributed by atoms with Crippen molar-refractivity contribution >= 4 is 11.4 Å². The first-order valence-electron chi connectivity index (χ1n) is 3.73. The van der Waals surface area contributed by atoms with Crippen LogP contribution in [0, 0.1) is 0 Å². The van der Waals surface area contributed by atoms with Crippen molar-refractivity contribution in [1.82, 2.24) is 14.6 Å². The highest BCUT2D eigenvalue weighted by Gasteiger charge is 2.01. The molecule has 0 amide bonds. The third-order valence-corrected chi connectivity index (χ3v) is 1.76. The Balaban J connectivity index is 3.07. The molecule has 0 aliphatic heterocycles. The normalized spacial score (nSPS) is 13.3. The molecule has 2 heterocycles. The largest absolute Gasteiger partial charge is 0.512 e. The van der Waals surface area contributed by atoms with Crippen molar-refractivity contribution in [2.24, 2.45) is 0 Å². The van der Waals surface area contributed by atoms with Gasteiger partial charge in [0.1, 0.15) is 5.76 Å². The maximum atomic E-state index is 11.5. The predicted molar refractivity (Wildman–Crippen MR) is 46.2 cm³/mol. The van der Waals surface area contributed by atoms with Crippen molar-refractivity contribution in [3.8, 4) is 0 Å². The highest BCUT2D eigenvalue weighted by Crippen LogP contribution is 1.88. The van der Waals surface area contributed by atoms with Crippen LogP contribution < -0.4 is 10.8 Å². The average molecular weight is 177 g/mol. The van der Waals surface area contributed by atoms with E-state index in [4.69, 9.17) is 5.11 Å². The number of hydrogen-bond donors (Lipinski definition) is 1. The van der Waals surface area contributed by atoms with Gasteiger partial charge < -0.3 is 5.11 Å². The van der Waals surface area contributed by atoms with Crippen molar-refractivity contribution in [3.05, 3.63) is 34.0 Å². The zero-order chi connectivity index (χ0) is 9.42. The molecule has 0 aliphatic rings. The lowest BCUT2D eigenvalue weighted by molar-refractivity contribution is 0.497. The first kappa shape index (κ1) is 7.72. The van der Waals surface area contributed by atoms with Crippen LogP contribution in [-0.4, -0.2) is 19.7 Å². The lowest BCUT2D eigenvalue weighted by atomic mass is 10.4. The van der Waals surface area contributed by atoms with Crippen LogP contribution in [0.4, 0.5) is 0 Å². The van der Waals surface area contributed by atoms with Crippen LogP contribution in [-0.2, 0) is 0 Å². The molecule has 1 N–H and O–H groups in total. The minimum Gasteiger partial charge on any atom is -0.512 e. The zero-order valence-electron chi connectivity index (χ0n) is 6.93. The van der Waals surface area contributed by atoms with E-state index in [2.05, 4.69) is 10.1 Å². The molecule has 66 valence electrons. The van der Waals surface area contributed by atoms with Gasteiger partial charge in [0.15, 0.2) is 5.65 Å². The number of fused-ring (bicyclic) bond motifs is 1. The van der Waals surface area contributed by atoms with Gasteiger partial charge in [0.25, 0.3) is 5.56 Å². The summed E-state index contributed by atoms with van der Waals surface area (Å²) in [5.41, 5.74) is 0.130. The Morgan fingerprint density at radius 1 is 1.62 bits per heavy atom. The fraction of sp³-hybridized carbons (Fsp3) is 0.125. The summed E-state index contributed by atoms with van der Waals surface area (Å²) >= 11 is 0. The van der Waals surface area contributed by atoms with Gasteiger partial charge in [-0.15, -0.1) is 0 Å². The molecule has 0 saturated carbocycles. The number of hydrogen-bond acceptors (Lipinski definition) is 4. The van der Waals surface area contributed by atoms with E-state index < -0.39 is 0 Å². The van der Waals surface area contributed by atoms with Gasteiger partial charge in [-0.05, 0) is 6.92 Å². The molecule has 5 heteroatoms. The molecule has 2 rings (SSSR count). The van der Waals surface area contributed by atoms with Crippen molar-refractivity contribution in [3.63, 3.8) is 0 Å². The van der Waals surface area contributed by atoms with Crippen LogP contribution in [0.15, 0.2) is 23.3 Å². The SMILES string of the molecule is C/C(O)=c1/cnc2ccnn2c1=O. The first-order valence-corrected chi connectivity index (χ1v) is 3.73. The highest BCUT2D eigenvalue weighted by molar-refractivity contribution is 5.37. The summed E-state index contributed by atoms with van der Waals surface area (Å²) in [7, 11) is 0. The second-order valence-corrected chi connectivity index (χ2v) is 2.66. The summed E-state index contributed by atoms with van der Waals surface area (Å²) in [4.78, 5) is 15.5. The van der Waals surface area contributed by atoms with Gasteiger partial charge in [0.2, 0.25) is 0 Å². The Morgan fingerprint density at radius 2 is 2.38 bits per heavy atom. The smallest absolute Gasteiger partial charge is 0.285 e. The monoisotopic (exact) mass is 177 g/mol. The Bertz CT molecular complexity index is 554. The lowest BCUT2D eigenvalue weighted by Crippen LogP contribution is -2.33. The minimum atomic E-state index is -0.352. The molecule has 0 atom stereocenters. The van der Waals surface area contributed by atoms with Gasteiger partial charge in [-0.1, -0.05) is 0 Å². The van der Waals surface area contributed by atoms with Crippen molar-refractivity contribution in [2.45, 2.75) is 6.92 Å². The number of aliphatic hydroxyl groups excluding tert-OH is 1. The summed E-state index contributed by atoms with van der Waals surface area (Å²) < 4.78 is 1.15. The second kappa shape index (κ2) is 2.55. The fourth-order valence-corrected chi connectivity index (χ4v) is 1.10. The summed E-state index contributed by atoms with van der Waals surface area (Å²) in [6.45, 7) is 1.44. The van der Waals surface area contributed by atoms with Gasteiger partial charge in [-0.3, -0.25) is 4.79 Å². The maximum absolute atomic E-state index is 11.5. The highest BCUT2D eigenvalue weighted by atomic mass is 16.3. The van der Waals surface area contributed by atoms with Crippen molar-refractivity contribution < 1.29 is 5.11 Å². The third kappa shape index (κ3) is 1.05. The molecule has 0 unspecified atom stereocenters. The predicted octanol–water partition coefficient (Wildman–Crippen LogP) is -0.505. The van der Waals surface area contributed by atoms with Crippen LogP contribution in [0.25, 0.3) is 11.4 Å². The van der Waals surface area contributed by atoms with Crippen LogP contribution in [0.5, 0.6) is 0 Å². The van der Waals surface area contributed by atoms with Crippen LogP contribution in [0.1, 0.15) is 6.92 Å². The molecule has 2 aromatic heterocycles. The van der Waals surface area contributed by atoms with E-state index >= 15 is 0 Å². The standard InChI is InChI=1S/C8H7N3O2/c1-5(12)6-4-9-7-2-3-10-11(7)8(6)13/h2-4,12H,1H3/b6-5+. The maximum Gasteiger partial charge on any atom is 0.285 e. The molecule has 0 aromatic carbocycles. The molecule has 0 bridgehead atoms. The number of aliphatic hydroxyl groups is 1. The molecular formula is C8H7N3O2. The summed E-state index contributed by atoms with van der Waals surface area (Å²) in [6.07, 6.45) is 2.83. The van der Waals surface area contributed by atoms with E-state index in [1.165, 1.54) is 19.3 Å². The van der Waals surface area contributed by atoms with Gasteiger partial charge >= 0.3 is 0 Å². The Hall–Kier alpha value is -1.91. The van der Waals surface area contributed by atoms with Gasteiger partial charge in [-0.2, -0.15) is 9.61 Å². The molecule has 0 spiro atoms. The average Bonchev–Trinajstić information content (AvgIpc) is 2.52. The van der Waals surface area contributed by atoms with Crippen LogP contribution in [0.2, 0.25) is 0 Å². The zero-order valence-corrected chi connectivity index (χ0v) is 6.93. The van der Waals surface area contributed by atoms with Gasteiger partial charge in [0.05, 0.1) is 11.4 Å². The lowest BCUT2D eigenvalue weighted by Gasteiger charge is -1.91. The quantitative estimate of drug-likeness (QED) is 0.588. The van der Waals surface area contributed by atoms with Crippen molar-refractivity contribution in [1.29, 1.82) is 0 Å². The van der Waals surface area contributed by atoms with E-state index in [0.29, 0.717) is 5.65 Å². The molecule has 5 nitrogen and oxygen atoms in total. The molecule has 0 aliphatic carbocycles. The minimum absolute atomic E-state index is 0.0464. The van der Waals surface area contributed by atoms with E-state index in [1.807, 2.05) is 0 Å². The number of aromatic nitrogens is 3.